The molecular weight excluding hydrogens is 343 g/mol. The number of nitrogens with zero attached hydrogens (tertiary/aromatic N) is 4. The fraction of sp³-hybridized carbons (Fsp3) is 0.0769. The van der Waals surface area contributed by atoms with Crippen LogP contribution in [-0.4, -0.2) is 25.6 Å². The van der Waals surface area contributed by atoms with Crippen LogP contribution in [0.1, 0.15) is 16.3 Å². The first kappa shape index (κ1) is 13.6. The van der Waals surface area contributed by atoms with Gasteiger partial charge < -0.3 is 4.74 Å². The van der Waals surface area contributed by atoms with Crippen molar-refractivity contribution in [1.82, 2.24) is 19.6 Å². The molecule has 0 atom stereocenters. The van der Waals surface area contributed by atoms with Gasteiger partial charge in [0, 0.05) is 16.4 Å². The van der Waals surface area contributed by atoms with Crippen LogP contribution in [0.15, 0.2) is 34.9 Å². The molecule has 0 bridgehead atoms. The average Bonchev–Trinajstić information content (AvgIpc) is 2.87. The number of esters is 1. The number of halogens is 2. The molecule has 0 spiro atoms. The highest BCUT2D eigenvalue weighted by atomic mass is 79.9. The van der Waals surface area contributed by atoms with E-state index in [0.717, 1.165) is 5.69 Å². The van der Waals surface area contributed by atoms with E-state index in [9.17, 15) is 9.18 Å². The molecule has 6 nitrogen and oxygen atoms in total. The fourth-order valence-corrected chi connectivity index (χ4v) is 2.03. The number of carbonyl (C=O) groups is 1. The molecule has 0 unspecified atom stereocenters. The van der Waals surface area contributed by atoms with E-state index in [1.165, 1.54) is 16.6 Å². The van der Waals surface area contributed by atoms with E-state index in [4.69, 9.17) is 4.74 Å². The first-order valence-corrected chi connectivity index (χ1v) is 6.69. The first-order valence-electron chi connectivity index (χ1n) is 5.90. The molecule has 106 valence electrons. The van der Waals surface area contributed by atoms with Gasteiger partial charge >= 0.3 is 5.97 Å². The van der Waals surface area contributed by atoms with Crippen molar-refractivity contribution < 1.29 is 13.9 Å². The summed E-state index contributed by atoms with van der Waals surface area (Å²) in [5, 5.41) is 3.99. The van der Waals surface area contributed by atoms with Crippen LogP contribution >= 0.6 is 15.9 Å². The van der Waals surface area contributed by atoms with E-state index in [0.29, 0.717) is 4.47 Å². The second-order valence-corrected chi connectivity index (χ2v) is 5.11. The maximum absolute atomic E-state index is 13.6. The molecule has 0 aliphatic rings. The number of rotatable bonds is 2. The summed E-state index contributed by atoms with van der Waals surface area (Å²) in [6, 6.07) is 5.84. The molecule has 0 N–H and O–H groups in total. The molecule has 0 saturated carbocycles. The quantitative estimate of drug-likeness (QED) is 0.524. The predicted octanol–water partition coefficient (Wildman–Crippen LogP) is 2.55. The molecule has 0 amide bonds. The summed E-state index contributed by atoms with van der Waals surface area (Å²) in [5.74, 6) is -1.60. The van der Waals surface area contributed by atoms with Crippen molar-refractivity contribution in [2.45, 2.75) is 6.92 Å². The smallest absolute Gasteiger partial charge is 0.383 e. The number of aromatic nitrogens is 4. The van der Waals surface area contributed by atoms with Gasteiger partial charge in [0.05, 0.1) is 0 Å². The normalized spacial score (nSPS) is 10.8. The predicted molar refractivity (Wildman–Crippen MR) is 74.6 cm³/mol. The maximum Gasteiger partial charge on any atom is 0.383 e. The number of ether oxygens (including phenoxy) is 1. The third-order valence-corrected chi connectivity index (χ3v) is 3.20. The van der Waals surface area contributed by atoms with E-state index < -0.39 is 11.8 Å². The standard InChI is InChI=1S/C13H8BrFN4O2/c1-7-4-5-16-13-17-11(18-19(7)13)12(20)21-10-3-2-8(14)6-9(10)15/h2-6H,1H3. The van der Waals surface area contributed by atoms with Crippen molar-refractivity contribution in [3.8, 4) is 5.75 Å². The van der Waals surface area contributed by atoms with Crippen LogP contribution in [-0.2, 0) is 0 Å². The number of benzene rings is 1. The molecule has 0 aliphatic carbocycles. The van der Waals surface area contributed by atoms with Crippen LogP contribution in [0.25, 0.3) is 5.78 Å². The van der Waals surface area contributed by atoms with Crippen LogP contribution < -0.4 is 4.74 Å². The van der Waals surface area contributed by atoms with Crippen molar-refractivity contribution in [3.63, 3.8) is 0 Å². The lowest BCUT2D eigenvalue weighted by Gasteiger charge is -2.02. The van der Waals surface area contributed by atoms with Crippen LogP contribution in [0.4, 0.5) is 4.39 Å². The van der Waals surface area contributed by atoms with Gasteiger partial charge in [-0.3, -0.25) is 0 Å². The molecule has 1 aromatic carbocycles. The SMILES string of the molecule is Cc1ccnc2nc(C(=O)Oc3ccc(Br)cc3F)nn12. The third-order valence-electron chi connectivity index (χ3n) is 2.71. The Morgan fingerprint density at radius 1 is 1.38 bits per heavy atom. The average molecular weight is 351 g/mol. The van der Waals surface area contributed by atoms with E-state index in [2.05, 4.69) is 31.0 Å². The van der Waals surface area contributed by atoms with Crippen LogP contribution in [0, 0.1) is 12.7 Å². The molecular formula is C13H8BrFN4O2. The Morgan fingerprint density at radius 2 is 2.19 bits per heavy atom. The van der Waals surface area contributed by atoms with Crippen molar-refractivity contribution in [2.24, 2.45) is 0 Å². The molecule has 3 aromatic rings. The molecule has 3 rings (SSSR count). The van der Waals surface area contributed by atoms with Crippen molar-refractivity contribution >= 4 is 27.7 Å². The lowest BCUT2D eigenvalue weighted by atomic mass is 10.3. The summed E-state index contributed by atoms with van der Waals surface area (Å²) >= 11 is 3.12. The largest absolute Gasteiger partial charge is 0.417 e. The summed E-state index contributed by atoms with van der Waals surface area (Å²) in [6.07, 6.45) is 1.56. The molecule has 21 heavy (non-hydrogen) atoms. The lowest BCUT2D eigenvalue weighted by Crippen LogP contribution is -2.11. The van der Waals surface area contributed by atoms with Gasteiger partial charge in [0.25, 0.3) is 11.6 Å². The maximum atomic E-state index is 13.6. The van der Waals surface area contributed by atoms with Crippen molar-refractivity contribution in [2.75, 3.05) is 0 Å². The third kappa shape index (κ3) is 2.62. The van der Waals surface area contributed by atoms with E-state index in [-0.39, 0.29) is 17.4 Å². The van der Waals surface area contributed by atoms with Gasteiger partial charge in [0.2, 0.25) is 0 Å². The van der Waals surface area contributed by atoms with Gasteiger partial charge in [0.1, 0.15) is 0 Å². The Morgan fingerprint density at radius 3 is 2.90 bits per heavy atom. The topological polar surface area (TPSA) is 69.4 Å². The summed E-state index contributed by atoms with van der Waals surface area (Å²) in [6.45, 7) is 1.80. The molecule has 2 aromatic heterocycles. The molecule has 0 fully saturated rings. The van der Waals surface area contributed by atoms with Gasteiger partial charge in [-0.05, 0) is 31.2 Å². The second kappa shape index (κ2) is 5.21. The van der Waals surface area contributed by atoms with Crippen LogP contribution in [0.3, 0.4) is 0 Å². The summed E-state index contributed by atoms with van der Waals surface area (Å²) in [5.41, 5.74) is 0.765. The minimum absolute atomic E-state index is 0.181. The Kier molecular flexibility index (Phi) is 3.38. The highest BCUT2D eigenvalue weighted by Crippen LogP contribution is 2.22. The zero-order valence-corrected chi connectivity index (χ0v) is 12.3. The highest BCUT2D eigenvalue weighted by Gasteiger charge is 2.18. The molecule has 8 heteroatoms. The summed E-state index contributed by atoms with van der Waals surface area (Å²) in [7, 11) is 0. The first-order chi connectivity index (χ1) is 10.0. The zero-order chi connectivity index (χ0) is 15.0. The number of aryl methyl sites for hydroxylation is 1. The minimum Gasteiger partial charge on any atom is -0.417 e. The number of fused-ring (bicyclic) bond motifs is 1. The van der Waals surface area contributed by atoms with Crippen molar-refractivity contribution in [1.29, 1.82) is 0 Å². The highest BCUT2D eigenvalue weighted by molar-refractivity contribution is 9.10. The van der Waals surface area contributed by atoms with E-state index in [1.807, 2.05) is 0 Å². The minimum atomic E-state index is -0.846. The van der Waals surface area contributed by atoms with E-state index in [1.54, 1.807) is 25.3 Å². The Balaban J connectivity index is 1.92. The van der Waals surface area contributed by atoms with Gasteiger partial charge in [-0.2, -0.15) is 4.98 Å². The molecule has 0 saturated heterocycles. The van der Waals surface area contributed by atoms with E-state index >= 15 is 0 Å². The second-order valence-electron chi connectivity index (χ2n) is 4.20. The Labute approximate surface area is 126 Å². The van der Waals surface area contributed by atoms with Gasteiger partial charge in [-0.25, -0.2) is 18.7 Å². The van der Waals surface area contributed by atoms with Crippen LogP contribution in [0.5, 0.6) is 5.75 Å². The monoisotopic (exact) mass is 350 g/mol. The lowest BCUT2D eigenvalue weighted by molar-refractivity contribution is 0.0715. The number of carbonyl (C=O) groups excluding carboxylic acids is 1. The summed E-state index contributed by atoms with van der Waals surface area (Å²) in [4.78, 5) is 19.9. The molecule has 0 radical (unpaired) electrons. The van der Waals surface area contributed by atoms with Gasteiger partial charge in [0.15, 0.2) is 11.6 Å². The van der Waals surface area contributed by atoms with Gasteiger partial charge in [-0.1, -0.05) is 15.9 Å². The van der Waals surface area contributed by atoms with Crippen LogP contribution in [0.2, 0.25) is 0 Å². The zero-order valence-electron chi connectivity index (χ0n) is 10.7. The Bertz CT molecular complexity index is 849. The molecule has 2 heterocycles. The fourth-order valence-electron chi connectivity index (χ4n) is 1.70. The van der Waals surface area contributed by atoms with Crippen molar-refractivity contribution in [3.05, 3.63) is 52.3 Å². The number of hydrogen-bond donors (Lipinski definition) is 0. The summed E-state index contributed by atoms with van der Waals surface area (Å²) < 4.78 is 20.5. The number of hydrogen-bond acceptors (Lipinski definition) is 5. The Hall–Kier alpha value is -2.35. The molecule has 0 aliphatic heterocycles. The van der Waals surface area contributed by atoms with Gasteiger partial charge in [-0.15, -0.1) is 5.10 Å².